The average Bonchev–Trinajstić information content (AvgIpc) is 3.47. The molecule has 28 heavy (non-hydrogen) atoms. The Balaban J connectivity index is 1.44. The maximum atomic E-state index is 12.8. The summed E-state index contributed by atoms with van der Waals surface area (Å²) in [5, 5.41) is 17.9. The van der Waals surface area contributed by atoms with Crippen LogP contribution in [0.25, 0.3) is 5.69 Å². The highest BCUT2D eigenvalue weighted by molar-refractivity contribution is 6.30. The van der Waals surface area contributed by atoms with Gasteiger partial charge in [0.1, 0.15) is 12.4 Å². The molecule has 10 heteroatoms. The van der Waals surface area contributed by atoms with Gasteiger partial charge >= 0.3 is 0 Å². The number of halogens is 1. The van der Waals surface area contributed by atoms with Crippen molar-refractivity contribution in [1.82, 2.24) is 35.7 Å². The number of carbonyl (C=O) groups is 2. The molecule has 0 aliphatic carbocycles. The first kappa shape index (κ1) is 18.8. The van der Waals surface area contributed by atoms with Gasteiger partial charge in [-0.2, -0.15) is 0 Å². The minimum absolute atomic E-state index is 0.0345. The number of likely N-dealkylation sites (tertiary alicyclic amines) is 1. The number of nitrogens with one attached hydrogen (secondary N) is 2. The largest absolute Gasteiger partial charge is 0.350 e. The molecule has 2 aliphatic heterocycles. The second kappa shape index (κ2) is 8.24. The topological polar surface area (TPSA) is 105 Å². The Morgan fingerprint density at radius 2 is 2.18 bits per heavy atom. The number of rotatable bonds is 5. The summed E-state index contributed by atoms with van der Waals surface area (Å²) in [6.45, 7) is 1.76. The maximum absolute atomic E-state index is 12.8. The van der Waals surface area contributed by atoms with Crippen molar-refractivity contribution in [2.24, 2.45) is 0 Å². The smallest absolute Gasteiger partial charge is 0.243 e. The molecule has 1 aromatic carbocycles. The van der Waals surface area contributed by atoms with Crippen molar-refractivity contribution in [3.8, 4) is 5.69 Å². The maximum Gasteiger partial charge on any atom is 0.243 e. The Morgan fingerprint density at radius 1 is 1.29 bits per heavy atom. The van der Waals surface area contributed by atoms with Gasteiger partial charge in [-0.05, 0) is 66.4 Å². The van der Waals surface area contributed by atoms with Crippen LogP contribution >= 0.6 is 11.6 Å². The normalized spacial score (nSPS) is 21.8. The molecule has 2 amide bonds. The van der Waals surface area contributed by atoms with Gasteiger partial charge in [0.15, 0.2) is 0 Å². The van der Waals surface area contributed by atoms with Gasteiger partial charge in [0.2, 0.25) is 11.8 Å². The first-order chi connectivity index (χ1) is 13.6. The number of tetrazole rings is 1. The van der Waals surface area contributed by atoms with E-state index in [0.717, 1.165) is 37.1 Å². The summed E-state index contributed by atoms with van der Waals surface area (Å²) in [5.41, 5.74) is 1.53. The third kappa shape index (κ3) is 3.85. The van der Waals surface area contributed by atoms with Gasteiger partial charge in [-0.15, -0.1) is 5.10 Å². The Bertz CT molecular complexity index is 852. The number of aromatic nitrogens is 4. The predicted molar refractivity (Wildman–Crippen MR) is 102 cm³/mol. The van der Waals surface area contributed by atoms with Gasteiger partial charge in [-0.3, -0.25) is 9.59 Å². The number of hydrogen-bond acceptors (Lipinski definition) is 6. The van der Waals surface area contributed by atoms with Crippen LogP contribution in [0.2, 0.25) is 5.02 Å². The highest BCUT2D eigenvalue weighted by Gasteiger charge is 2.37. The first-order valence-electron chi connectivity index (χ1n) is 9.47. The van der Waals surface area contributed by atoms with Crippen LogP contribution in [0.4, 0.5) is 0 Å². The van der Waals surface area contributed by atoms with Crippen molar-refractivity contribution in [1.29, 1.82) is 0 Å². The quantitative estimate of drug-likeness (QED) is 0.760. The molecule has 0 radical (unpaired) electrons. The lowest BCUT2D eigenvalue weighted by molar-refractivity contribution is -0.139. The van der Waals surface area contributed by atoms with Gasteiger partial charge in [-0.25, -0.2) is 4.68 Å². The zero-order valence-electron chi connectivity index (χ0n) is 15.3. The van der Waals surface area contributed by atoms with E-state index in [1.54, 1.807) is 23.1 Å². The van der Waals surface area contributed by atoms with Gasteiger partial charge in [-0.1, -0.05) is 11.6 Å². The fraction of sp³-hybridized carbons (Fsp3) is 0.500. The van der Waals surface area contributed by atoms with E-state index in [2.05, 4.69) is 26.2 Å². The Morgan fingerprint density at radius 3 is 2.93 bits per heavy atom. The molecule has 2 saturated heterocycles. The molecule has 2 aromatic rings. The number of hydrogen-bond donors (Lipinski definition) is 2. The molecule has 2 aliphatic rings. The number of nitrogens with zero attached hydrogens (tertiary/aromatic N) is 5. The summed E-state index contributed by atoms with van der Waals surface area (Å²) >= 11 is 6.12. The Labute approximate surface area is 167 Å². The van der Waals surface area contributed by atoms with Crippen LogP contribution in [0.5, 0.6) is 0 Å². The molecule has 9 nitrogen and oxygen atoms in total. The van der Waals surface area contributed by atoms with Crippen LogP contribution in [0.1, 0.15) is 31.2 Å². The third-order valence-corrected chi connectivity index (χ3v) is 5.52. The van der Waals surface area contributed by atoms with Crippen LogP contribution in [-0.2, 0) is 16.1 Å². The van der Waals surface area contributed by atoms with Crippen LogP contribution in [-0.4, -0.2) is 62.1 Å². The standard InChI is InChI=1S/C18H22ClN7O2/c19-13-5-6-15(26-11-22-23-24-26)12(9-13)10-21-17(27)16-4-2-8-25(16)18(28)14-3-1-7-20-14/h5-6,9,11,14,16,20H,1-4,7-8,10H2,(H,21,27)/t14?,16-/m0/s1. The van der Waals surface area contributed by atoms with Crippen LogP contribution in [0.15, 0.2) is 24.5 Å². The first-order valence-corrected chi connectivity index (χ1v) is 9.84. The van der Waals surface area contributed by atoms with Gasteiger partial charge < -0.3 is 15.5 Å². The van der Waals surface area contributed by atoms with Crippen LogP contribution < -0.4 is 10.6 Å². The van der Waals surface area contributed by atoms with Crippen molar-refractivity contribution in [3.63, 3.8) is 0 Å². The molecule has 148 valence electrons. The van der Waals surface area contributed by atoms with E-state index in [0.29, 0.717) is 18.0 Å². The summed E-state index contributed by atoms with van der Waals surface area (Å²) in [6.07, 6.45) is 4.83. The highest BCUT2D eigenvalue weighted by Crippen LogP contribution is 2.22. The average molecular weight is 404 g/mol. The number of amides is 2. The lowest BCUT2D eigenvalue weighted by Crippen LogP contribution is -2.51. The molecule has 0 bridgehead atoms. The summed E-state index contributed by atoms with van der Waals surface area (Å²) in [4.78, 5) is 27.3. The third-order valence-electron chi connectivity index (χ3n) is 5.29. The molecule has 1 aromatic heterocycles. The van der Waals surface area contributed by atoms with Gasteiger partial charge in [0, 0.05) is 18.1 Å². The molecular formula is C18H22ClN7O2. The summed E-state index contributed by atoms with van der Waals surface area (Å²) in [5.74, 6) is -0.112. The lowest BCUT2D eigenvalue weighted by atomic mass is 10.1. The number of carbonyl (C=O) groups excluding carboxylic acids is 2. The molecule has 2 atom stereocenters. The van der Waals surface area contributed by atoms with E-state index >= 15 is 0 Å². The van der Waals surface area contributed by atoms with Gasteiger partial charge in [0.05, 0.1) is 11.7 Å². The SMILES string of the molecule is O=C(NCc1cc(Cl)ccc1-n1cnnn1)[C@@H]1CCCN1C(=O)C1CCCN1. The van der Waals surface area contributed by atoms with E-state index < -0.39 is 6.04 Å². The summed E-state index contributed by atoms with van der Waals surface area (Å²) in [6, 6.07) is 4.74. The van der Waals surface area contributed by atoms with Crippen molar-refractivity contribution in [2.75, 3.05) is 13.1 Å². The minimum Gasteiger partial charge on any atom is -0.350 e. The molecule has 3 heterocycles. The zero-order valence-corrected chi connectivity index (χ0v) is 16.1. The lowest BCUT2D eigenvalue weighted by Gasteiger charge is -2.26. The van der Waals surface area contributed by atoms with Crippen molar-refractivity contribution >= 4 is 23.4 Å². The fourth-order valence-electron chi connectivity index (χ4n) is 3.89. The van der Waals surface area contributed by atoms with Gasteiger partial charge in [0.25, 0.3) is 0 Å². The molecule has 2 fully saturated rings. The molecule has 0 saturated carbocycles. The molecule has 0 spiro atoms. The van der Waals surface area contributed by atoms with Crippen LogP contribution in [0, 0.1) is 0 Å². The highest BCUT2D eigenvalue weighted by atomic mass is 35.5. The summed E-state index contributed by atoms with van der Waals surface area (Å²) < 4.78 is 1.52. The van der Waals surface area contributed by atoms with E-state index in [9.17, 15) is 9.59 Å². The van der Waals surface area contributed by atoms with E-state index in [1.165, 1.54) is 11.0 Å². The second-order valence-corrected chi connectivity index (χ2v) is 7.52. The van der Waals surface area contributed by atoms with Crippen molar-refractivity contribution in [3.05, 3.63) is 35.1 Å². The van der Waals surface area contributed by atoms with Crippen molar-refractivity contribution < 1.29 is 9.59 Å². The monoisotopic (exact) mass is 403 g/mol. The zero-order chi connectivity index (χ0) is 19.5. The molecule has 4 rings (SSSR count). The second-order valence-electron chi connectivity index (χ2n) is 7.08. The predicted octanol–water partition coefficient (Wildman–Crippen LogP) is 0.675. The van der Waals surface area contributed by atoms with E-state index in [-0.39, 0.29) is 24.4 Å². The number of benzene rings is 1. The van der Waals surface area contributed by atoms with Crippen LogP contribution in [0.3, 0.4) is 0 Å². The molecule has 2 N–H and O–H groups in total. The van der Waals surface area contributed by atoms with E-state index in [1.807, 2.05) is 0 Å². The Hall–Kier alpha value is -2.52. The summed E-state index contributed by atoms with van der Waals surface area (Å²) in [7, 11) is 0. The minimum atomic E-state index is -0.425. The van der Waals surface area contributed by atoms with E-state index in [4.69, 9.17) is 11.6 Å². The molecular weight excluding hydrogens is 382 g/mol. The van der Waals surface area contributed by atoms with Crippen molar-refractivity contribution in [2.45, 2.75) is 44.3 Å². The Kier molecular flexibility index (Phi) is 5.54. The fourth-order valence-corrected chi connectivity index (χ4v) is 4.08. The molecule has 1 unspecified atom stereocenters.